The molecular weight excluding hydrogens is 317 g/mol. The first-order chi connectivity index (χ1) is 7.72. The molecule has 0 bridgehead atoms. The molecule has 0 saturated carbocycles. The number of hydrogen-bond acceptors (Lipinski definition) is 3. The lowest BCUT2D eigenvalue weighted by Gasteiger charge is -2.11. The molecule has 3 nitrogen and oxygen atoms in total. The van der Waals surface area contributed by atoms with E-state index < -0.39 is 0 Å². The Morgan fingerprint density at radius 3 is 2.69 bits per heavy atom. The number of aliphatic hydroxyl groups is 1. The lowest BCUT2D eigenvalue weighted by Crippen LogP contribution is -2.30. The Morgan fingerprint density at radius 1 is 1.38 bits per heavy atom. The van der Waals surface area contributed by atoms with Crippen molar-refractivity contribution in [2.45, 2.75) is 12.5 Å². The van der Waals surface area contributed by atoms with Gasteiger partial charge in [0.05, 0.1) is 12.7 Å². The maximum atomic E-state index is 9.77. The van der Waals surface area contributed by atoms with Gasteiger partial charge in [0.1, 0.15) is 0 Å². The summed E-state index contributed by atoms with van der Waals surface area (Å²) in [7, 11) is 1.67. The summed E-state index contributed by atoms with van der Waals surface area (Å²) in [5, 5.41) is 12.9. The molecule has 0 amide bonds. The van der Waals surface area contributed by atoms with Crippen molar-refractivity contribution in [3.8, 4) is 0 Å². The van der Waals surface area contributed by atoms with Gasteiger partial charge >= 0.3 is 0 Å². The van der Waals surface area contributed by atoms with Crippen LogP contribution in [0.5, 0.6) is 0 Å². The number of methoxy groups -OCH3 is 1. The SMILES string of the molecule is COCCNCC(O)Cc1ccc(I)cc1. The van der Waals surface area contributed by atoms with Crippen LogP contribution in [0.3, 0.4) is 0 Å². The quantitative estimate of drug-likeness (QED) is 0.585. The van der Waals surface area contributed by atoms with Crippen molar-refractivity contribution in [3.05, 3.63) is 33.4 Å². The number of nitrogens with one attached hydrogen (secondary N) is 1. The van der Waals surface area contributed by atoms with Crippen molar-refractivity contribution in [2.75, 3.05) is 26.8 Å². The van der Waals surface area contributed by atoms with Crippen LogP contribution in [0.1, 0.15) is 5.56 Å². The lowest BCUT2D eigenvalue weighted by atomic mass is 10.1. The highest BCUT2D eigenvalue weighted by Gasteiger charge is 2.04. The summed E-state index contributed by atoms with van der Waals surface area (Å²) in [6.07, 6.45) is 0.355. The summed E-state index contributed by atoms with van der Waals surface area (Å²) in [5.41, 5.74) is 1.17. The van der Waals surface area contributed by atoms with Crippen molar-refractivity contribution in [3.63, 3.8) is 0 Å². The molecule has 0 aromatic heterocycles. The van der Waals surface area contributed by atoms with Gasteiger partial charge in [-0.25, -0.2) is 0 Å². The second-order valence-electron chi connectivity index (χ2n) is 3.68. The monoisotopic (exact) mass is 335 g/mol. The van der Waals surface area contributed by atoms with E-state index in [0.717, 1.165) is 6.54 Å². The summed E-state index contributed by atoms with van der Waals surface area (Å²) in [6.45, 7) is 2.06. The summed E-state index contributed by atoms with van der Waals surface area (Å²) >= 11 is 2.27. The number of hydrogen-bond donors (Lipinski definition) is 2. The third-order valence-corrected chi connectivity index (χ3v) is 2.97. The Bertz CT molecular complexity index is 290. The Balaban J connectivity index is 2.23. The van der Waals surface area contributed by atoms with E-state index in [9.17, 15) is 5.11 Å². The van der Waals surface area contributed by atoms with Gasteiger partial charge in [-0.1, -0.05) is 12.1 Å². The maximum Gasteiger partial charge on any atom is 0.0704 e. The standard InChI is InChI=1S/C12H18INO2/c1-16-7-6-14-9-12(15)8-10-2-4-11(13)5-3-10/h2-5,12,14-15H,6-9H2,1H3. The molecule has 0 saturated heterocycles. The largest absolute Gasteiger partial charge is 0.391 e. The molecule has 0 heterocycles. The summed E-state index contributed by atoms with van der Waals surface area (Å²) in [5.74, 6) is 0. The number of rotatable bonds is 7. The zero-order chi connectivity index (χ0) is 11.8. The molecule has 1 unspecified atom stereocenters. The van der Waals surface area contributed by atoms with Crippen LogP contribution in [-0.2, 0) is 11.2 Å². The average molecular weight is 335 g/mol. The van der Waals surface area contributed by atoms with Gasteiger partial charge < -0.3 is 15.2 Å². The highest BCUT2D eigenvalue weighted by molar-refractivity contribution is 14.1. The van der Waals surface area contributed by atoms with Crippen LogP contribution in [0.4, 0.5) is 0 Å². The van der Waals surface area contributed by atoms with Gasteiger partial charge in [-0.3, -0.25) is 0 Å². The van der Waals surface area contributed by atoms with Gasteiger partial charge in [0, 0.05) is 23.8 Å². The third-order valence-electron chi connectivity index (χ3n) is 2.25. The molecule has 2 N–H and O–H groups in total. The molecule has 16 heavy (non-hydrogen) atoms. The first-order valence-corrected chi connectivity index (χ1v) is 6.42. The Hall–Kier alpha value is -0.170. The molecule has 0 radical (unpaired) electrons. The van der Waals surface area contributed by atoms with Crippen molar-refractivity contribution in [1.29, 1.82) is 0 Å². The summed E-state index contributed by atoms with van der Waals surface area (Å²) in [4.78, 5) is 0. The first-order valence-electron chi connectivity index (χ1n) is 5.34. The molecule has 0 aliphatic carbocycles. The van der Waals surface area contributed by atoms with E-state index in [1.165, 1.54) is 9.13 Å². The molecule has 0 aliphatic rings. The van der Waals surface area contributed by atoms with E-state index in [1.54, 1.807) is 7.11 Å². The van der Waals surface area contributed by atoms with E-state index in [0.29, 0.717) is 19.6 Å². The van der Waals surface area contributed by atoms with Crippen LogP contribution < -0.4 is 5.32 Å². The maximum absolute atomic E-state index is 9.77. The normalized spacial score (nSPS) is 12.7. The van der Waals surface area contributed by atoms with Gasteiger partial charge in [0.2, 0.25) is 0 Å². The van der Waals surface area contributed by atoms with Crippen molar-refractivity contribution < 1.29 is 9.84 Å². The molecule has 1 rings (SSSR count). The molecule has 0 fully saturated rings. The topological polar surface area (TPSA) is 41.5 Å². The predicted octanol–water partition coefficient (Wildman–Crippen LogP) is 1.43. The second kappa shape index (κ2) is 8.00. The molecular formula is C12H18INO2. The zero-order valence-electron chi connectivity index (χ0n) is 9.45. The highest BCUT2D eigenvalue weighted by Crippen LogP contribution is 2.08. The van der Waals surface area contributed by atoms with Gasteiger partial charge in [0.25, 0.3) is 0 Å². The predicted molar refractivity (Wildman–Crippen MR) is 73.6 cm³/mol. The summed E-state index contributed by atoms with van der Waals surface area (Å²) in [6, 6.07) is 8.22. The van der Waals surface area contributed by atoms with E-state index >= 15 is 0 Å². The minimum Gasteiger partial charge on any atom is -0.391 e. The zero-order valence-corrected chi connectivity index (χ0v) is 11.6. The Kier molecular flexibility index (Phi) is 6.95. The number of ether oxygens (including phenoxy) is 1. The van der Waals surface area contributed by atoms with Crippen molar-refractivity contribution >= 4 is 22.6 Å². The van der Waals surface area contributed by atoms with Crippen molar-refractivity contribution in [1.82, 2.24) is 5.32 Å². The molecule has 1 aromatic rings. The average Bonchev–Trinajstić information content (AvgIpc) is 2.28. The number of aliphatic hydroxyl groups excluding tert-OH is 1. The van der Waals surface area contributed by atoms with Gasteiger partial charge in [0.15, 0.2) is 0 Å². The molecule has 0 aliphatic heterocycles. The molecule has 1 atom stereocenters. The molecule has 4 heteroatoms. The molecule has 1 aromatic carbocycles. The first kappa shape index (κ1) is 13.9. The smallest absolute Gasteiger partial charge is 0.0704 e. The van der Waals surface area contributed by atoms with Gasteiger partial charge in [-0.15, -0.1) is 0 Å². The lowest BCUT2D eigenvalue weighted by molar-refractivity contribution is 0.160. The second-order valence-corrected chi connectivity index (χ2v) is 4.93. The fourth-order valence-electron chi connectivity index (χ4n) is 1.41. The van der Waals surface area contributed by atoms with E-state index in [2.05, 4.69) is 52.2 Å². The van der Waals surface area contributed by atoms with Crippen LogP contribution in [0, 0.1) is 3.57 Å². The minimum absolute atomic E-state index is 0.336. The number of benzene rings is 1. The van der Waals surface area contributed by atoms with Gasteiger partial charge in [-0.2, -0.15) is 0 Å². The van der Waals surface area contributed by atoms with Crippen LogP contribution in [0.15, 0.2) is 24.3 Å². The van der Waals surface area contributed by atoms with Crippen LogP contribution in [0.25, 0.3) is 0 Å². The van der Waals surface area contributed by atoms with Gasteiger partial charge in [-0.05, 0) is 46.7 Å². The van der Waals surface area contributed by atoms with E-state index in [-0.39, 0.29) is 6.10 Å². The number of halogens is 1. The van der Waals surface area contributed by atoms with Crippen molar-refractivity contribution in [2.24, 2.45) is 0 Å². The van der Waals surface area contributed by atoms with Crippen LogP contribution in [0.2, 0.25) is 0 Å². The summed E-state index contributed by atoms with van der Waals surface area (Å²) < 4.78 is 6.13. The minimum atomic E-state index is -0.336. The fraction of sp³-hybridized carbons (Fsp3) is 0.500. The Morgan fingerprint density at radius 2 is 2.06 bits per heavy atom. The molecule has 90 valence electrons. The van der Waals surface area contributed by atoms with Crippen LogP contribution in [-0.4, -0.2) is 38.0 Å². The van der Waals surface area contributed by atoms with E-state index in [1.807, 2.05) is 0 Å². The highest BCUT2D eigenvalue weighted by atomic mass is 127. The molecule has 0 spiro atoms. The van der Waals surface area contributed by atoms with Crippen LogP contribution >= 0.6 is 22.6 Å². The van der Waals surface area contributed by atoms with E-state index in [4.69, 9.17) is 4.74 Å². The fourth-order valence-corrected chi connectivity index (χ4v) is 1.77. The third kappa shape index (κ3) is 5.79. The Labute approximate surface area is 110 Å².